The molecule has 3 aromatic carbocycles. The topological polar surface area (TPSA) is 83.1 Å². The predicted octanol–water partition coefficient (Wildman–Crippen LogP) is 6.62. The Bertz CT molecular complexity index is 953. The minimum absolute atomic E-state index is 0.565. The van der Waals surface area contributed by atoms with E-state index < -0.39 is 7.32 Å². The van der Waals surface area contributed by atoms with Crippen molar-refractivity contribution in [3.8, 4) is 34.5 Å². The van der Waals surface area contributed by atoms with Gasteiger partial charge in [0, 0.05) is 58.9 Å². The molecule has 9 nitrogen and oxygen atoms in total. The summed E-state index contributed by atoms with van der Waals surface area (Å²) >= 11 is 0. The van der Waals surface area contributed by atoms with Crippen molar-refractivity contribution in [1.82, 2.24) is 0 Å². The van der Waals surface area contributed by atoms with Crippen LogP contribution in [0.5, 0.6) is 34.5 Å². The van der Waals surface area contributed by atoms with Gasteiger partial charge in [-0.15, -0.1) is 0 Å². The van der Waals surface area contributed by atoms with Crippen molar-refractivity contribution >= 4 is 7.32 Å². The Morgan fingerprint density at radius 3 is 0.884 bits per heavy atom. The van der Waals surface area contributed by atoms with Crippen molar-refractivity contribution in [2.24, 2.45) is 0 Å². The molecule has 0 aliphatic rings. The summed E-state index contributed by atoms with van der Waals surface area (Å²) in [5.74, 6) is 3.93. The summed E-state index contributed by atoms with van der Waals surface area (Å²) in [6, 6.07) is 22.0. The quantitative estimate of drug-likeness (QED) is 0.0837. The van der Waals surface area contributed by atoms with E-state index in [4.69, 9.17) is 42.4 Å². The molecule has 0 aliphatic carbocycles. The maximum Gasteiger partial charge on any atom is 0.864 e. The predicted molar refractivity (Wildman–Crippen MR) is 167 cm³/mol. The molecule has 0 spiro atoms. The van der Waals surface area contributed by atoms with E-state index in [0.29, 0.717) is 76.7 Å². The summed E-state index contributed by atoms with van der Waals surface area (Å²) in [7, 11) is -1.06. The number of hydrogen-bond donors (Lipinski definition) is 0. The van der Waals surface area contributed by atoms with Crippen LogP contribution in [0, 0.1) is 0 Å². The Hall–Kier alpha value is -3.60. The van der Waals surface area contributed by atoms with Crippen molar-refractivity contribution in [2.45, 2.75) is 40.0 Å². The normalized spacial score (nSPS) is 10.7. The summed E-state index contributed by atoms with van der Waals surface area (Å²) in [5.41, 5.74) is 0. The maximum absolute atomic E-state index is 6.09. The Labute approximate surface area is 256 Å². The molecule has 0 amide bonds. The molecule has 0 bridgehead atoms. The van der Waals surface area contributed by atoms with Gasteiger partial charge in [0.05, 0.1) is 19.8 Å². The molecule has 234 valence electrons. The maximum atomic E-state index is 6.09. The van der Waals surface area contributed by atoms with Gasteiger partial charge in [-0.1, -0.05) is 0 Å². The van der Waals surface area contributed by atoms with Crippen LogP contribution in [0.4, 0.5) is 0 Å². The third-order valence-electron chi connectivity index (χ3n) is 5.89. The first-order chi connectivity index (χ1) is 21.2. The molecule has 0 saturated carbocycles. The third-order valence-corrected chi connectivity index (χ3v) is 5.89. The van der Waals surface area contributed by atoms with E-state index in [1.54, 1.807) is 0 Å². The van der Waals surface area contributed by atoms with Crippen molar-refractivity contribution in [1.29, 1.82) is 0 Å². The third kappa shape index (κ3) is 14.4. The molecular weight excluding hydrogens is 551 g/mol. The second-order valence-electron chi connectivity index (χ2n) is 9.25. The molecule has 0 saturated heterocycles. The lowest BCUT2D eigenvalue weighted by molar-refractivity contribution is 0.130. The first-order valence-corrected chi connectivity index (χ1v) is 15.1. The van der Waals surface area contributed by atoms with E-state index in [2.05, 4.69) is 0 Å². The van der Waals surface area contributed by atoms with Crippen LogP contribution in [0.2, 0.25) is 0 Å². The Kier molecular flexibility index (Phi) is 16.7. The second-order valence-corrected chi connectivity index (χ2v) is 9.25. The first-order valence-electron chi connectivity index (χ1n) is 15.1. The lowest BCUT2D eigenvalue weighted by atomic mass is 10.2. The van der Waals surface area contributed by atoms with Crippen molar-refractivity contribution in [2.75, 3.05) is 59.5 Å². The zero-order valence-corrected chi connectivity index (χ0v) is 25.7. The molecule has 0 radical (unpaired) electrons. The largest absolute Gasteiger partial charge is 0.864 e. The number of rotatable bonds is 24. The zero-order chi connectivity index (χ0) is 30.4. The molecular formula is C33H45BO9. The highest BCUT2D eigenvalue weighted by molar-refractivity contribution is 6.39. The van der Waals surface area contributed by atoms with E-state index in [0.717, 1.165) is 36.5 Å². The molecule has 0 unspecified atom stereocenters. The van der Waals surface area contributed by atoms with E-state index in [9.17, 15) is 0 Å². The van der Waals surface area contributed by atoms with Crippen LogP contribution in [0.25, 0.3) is 0 Å². The Morgan fingerprint density at radius 1 is 0.372 bits per heavy atom. The van der Waals surface area contributed by atoms with Gasteiger partial charge in [0.2, 0.25) is 0 Å². The van der Waals surface area contributed by atoms with Crippen molar-refractivity contribution in [3.05, 3.63) is 72.8 Å². The van der Waals surface area contributed by atoms with Gasteiger partial charge in [0.1, 0.15) is 34.5 Å². The minimum Gasteiger partial charge on any atom is -0.494 e. The zero-order valence-electron chi connectivity index (χ0n) is 25.7. The summed E-state index contributed by atoms with van der Waals surface area (Å²) < 4.78 is 51.7. The molecule has 3 rings (SSSR count). The summed E-state index contributed by atoms with van der Waals surface area (Å²) in [6.07, 6.45) is 2.47. The fourth-order valence-corrected chi connectivity index (χ4v) is 3.73. The van der Waals surface area contributed by atoms with E-state index in [-0.39, 0.29) is 0 Å². The lowest BCUT2D eigenvalue weighted by Gasteiger charge is -2.17. The Balaban J connectivity index is 1.59. The fraction of sp³-hybridized carbons (Fsp3) is 0.455. The fourth-order valence-electron chi connectivity index (χ4n) is 3.73. The van der Waals surface area contributed by atoms with E-state index in [1.807, 2.05) is 93.6 Å². The molecule has 3 aromatic rings. The van der Waals surface area contributed by atoms with Gasteiger partial charge >= 0.3 is 7.32 Å². The van der Waals surface area contributed by atoms with Gasteiger partial charge in [-0.05, 0) is 93.6 Å². The highest BCUT2D eigenvalue weighted by atomic mass is 16.7. The lowest BCUT2D eigenvalue weighted by Crippen LogP contribution is -2.36. The van der Waals surface area contributed by atoms with Crippen LogP contribution in [-0.4, -0.2) is 66.8 Å². The van der Waals surface area contributed by atoms with Gasteiger partial charge in [-0.25, -0.2) is 0 Å². The van der Waals surface area contributed by atoms with Gasteiger partial charge in [-0.2, -0.15) is 0 Å². The van der Waals surface area contributed by atoms with E-state index >= 15 is 0 Å². The molecule has 43 heavy (non-hydrogen) atoms. The number of ether oxygens (including phenoxy) is 6. The monoisotopic (exact) mass is 596 g/mol. The minimum atomic E-state index is -1.06. The number of hydrogen-bond acceptors (Lipinski definition) is 9. The molecule has 0 heterocycles. The number of benzene rings is 3. The van der Waals surface area contributed by atoms with Crippen LogP contribution in [0.3, 0.4) is 0 Å². The molecule has 0 atom stereocenters. The Morgan fingerprint density at radius 2 is 0.628 bits per heavy atom. The van der Waals surface area contributed by atoms with Crippen LogP contribution >= 0.6 is 0 Å². The molecule has 10 heteroatoms. The average Bonchev–Trinajstić information content (AvgIpc) is 3.03. The first kappa shape index (κ1) is 33.9. The highest BCUT2D eigenvalue weighted by Crippen LogP contribution is 2.24. The van der Waals surface area contributed by atoms with Crippen molar-refractivity contribution in [3.63, 3.8) is 0 Å². The average molecular weight is 597 g/mol. The summed E-state index contributed by atoms with van der Waals surface area (Å²) in [4.78, 5) is 0. The van der Waals surface area contributed by atoms with Crippen molar-refractivity contribution < 1.29 is 42.4 Å². The molecule has 0 aromatic heterocycles. The van der Waals surface area contributed by atoms with Gasteiger partial charge < -0.3 is 42.4 Å². The van der Waals surface area contributed by atoms with Gasteiger partial charge in [0.15, 0.2) is 0 Å². The van der Waals surface area contributed by atoms with E-state index in [1.165, 1.54) is 0 Å². The summed E-state index contributed by atoms with van der Waals surface area (Å²) in [6.45, 7) is 11.8. The van der Waals surface area contributed by atoms with Crippen LogP contribution in [-0.2, 0) is 14.2 Å². The van der Waals surface area contributed by atoms with Gasteiger partial charge in [0.25, 0.3) is 0 Å². The van der Waals surface area contributed by atoms with Gasteiger partial charge in [-0.3, -0.25) is 0 Å². The van der Waals surface area contributed by atoms with Crippen LogP contribution in [0.15, 0.2) is 72.8 Å². The SMILES string of the molecule is CCOCCCOc1ccc(OB(Oc2ccc(OCCCOCC)cc2)Oc2ccc(OCCCOCC)cc2)cc1. The van der Waals surface area contributed by atoms with Crippen LogP contribution < -0.4 is 28.2 Å². The summed E-state index contributed by atoms with van der Waals surface area (Å²) in [5, 5.41) is 0. The second kappa shape index (κ2) is 21.1. The standard InChI is InChI=1S/C33H45BO9/c1-4-35-22-7-25-38-28-10-16-31(17-11-28)41-34(42-32-18-12-29(13-19-32)39-26-8-23-36-5-2)43-33-20-14-30(15-21-33)40-27-9-24-37-6-3/h10-21H,4-9,22-27H2,1-3H3. The smallest absolute Gasteiger partial charge is 0.494 e. The molecule has 0 fully saturated rings. The molecule has 0 aliphatic heterocycles. The molecule has 0 N–H and O–H groups in total. The van der Waals surface area contributed by atoms with Crippen LogP contribution in [0.1, 0.15) is 40.0 Å². The highest BCUT2D eigenvalue weighted by Gasteiger charge is 2.30.